The van der Waals surface area contributed by atoms with Crippen LogP contribution in [0.25, 0.3) is 0 Å². The standard InChI is InChI=1S/C11H11N5O3/c1-5-3-7(6(2)17)9(18)8(4-5)10(19)12-11-13-15-16-14-11/h3-4,18H,1-2H3,(H2,12,13,14,15,16,19). The number of nitrogens with zero attached hydrogens (tertiary/aromatic N) is 3. The number of aryl methyl sites for hydroxylation is 1. The van der Waals surface area contributed by atoms with Crippen LogP contribution in [-0.4, -0.2) is 37.4 Å². The molecule has 0 saturated heterocycles. The van der Waals surface area contributed by atoms with Gasteiger partial charge in [0.1, 0.15) is 5.75 Å². The van der Waals surface area contributed by atoms with E-state index in [0.29, 0.717) is 5.56 Å². The molecule has 0 aliphatic rings. The number of hydrogen-bond donors (Lipinski definition) is 3. The third kappa shape index (κ3) is 2.57. The van der Waals surface area contributed by atoms with Gasteiger partial charge in [-0.3, -0.25) is 14.9 Å². The monoisotopic (exact) mass is 261 g/mol. The van der Waals surface area contributed by atoms with Gasteiger partial charge in [0.05, 0.1) is 11.1 Å². The smallest absolute Gasteiger partial charge is 0.261 e. The minimum Gasteiger partial charge on any atom is -0.506 e. The van der Waals surface area contributed by atoms with Crippen molar-refractivity contribution in [2.75, 3.05) is 5.32 Å². The number of phenolic OH excluding ortho intramolecular Hbond substituents is 1. The number of aromatic hydroxyl groups is 1. The van der Waals surface area contributed by atoms with Crippen LogP contribution < -0.4 is 5.32 Å². The van der Waals surface area contributed by atoms with Crippen molar-refractivity contribution in [1.82, 2.24) is 20.6 Å². The van der Waals surface area contributed by atoms with Crippen LogP contribution in [0.5, 0.6) is 5.75 Å². The first-order valence-corrected chi connectivity index (χ1v) is 5.38. The summed E-state index contributed by atoms with van der Waals surface area (Å²) in [6, 6.07) is 2.99. The van der Waals surface area contributed by atoms with Gasteiger partial charge < -0.3 is 5.11 Å². The van der Waals surface area contributed by atoms with Gasteiger partial charge >= 0.3 is 0 Å². The topological polar surface area (TPSA) is 121 Å². The van der Waals surface area contributed by atoms with Crippen LogP contribution in [0.3, 0.4) is 0 Å². The van der Waals surface area contributed by atoms with Crippen LogP contribution in [0, 0.1) is 6.92 Å². The summed E-state index contributed by atoms with van der Waals surface area (Å²) in [5.41, 5.74) is 0.770. The minimum atomic E-state index is -0.609. The lowest BCUT2D eigenvalue weighted by atomic mass is 10.0. The average molecular weight is 261 g/mol. The minimum absolute atomic E-state index is 0.0124. The highest BCUT2D eigenvalue weighted by Crippen LogP contribution is 2.25. The van der Waals surface area contributed by atoms with Gasteiger partial charge in [-0.25, -0.2) is 5.10 Å². The molecule has 0 spiro atoms. The summed E-state index contributed by atoms with van der Waals surface area (Å²) in [6.07, 6.45) is 0. The molecule has 0 unspecified atom stereocenters. The number of rotatable bonds is 3. The largest absolute Gasteiger partial charge is 0.506 e. The Morgan fingerprint density at radius 2 is 2.00 bits per heavy atom. The molecular weight excluding hydrogens is 250 g/mol. The number of phenols is 1. The normalized spacial score (nSPS) is 10.2. The van der Waals surface area contributed by atoms with Crippen LogP contribution in [0.15, 0.2) is 12.1 Å². The zero-order valence-corrected chi connectivity index (χ0v) is 10.3. The zero-order chi connectivity index (χ0) is 14.0. The van der Waals surface area contributed by atoms with E-state index in [4.69, 9.17) is 0 Å². The van der Waals surface area contributed by atoms with Gasteiger partial charge in [-0.05, 0) is 42.0 Å². The van der Waals surface area contributed by atoms with E-state index in [9.17, 15) is 14.7 Å². The summed E-state index contributed by atoms with van der Waals surface area (Å²) in [4.78, 5) is 23.3. The maximum absolute atomic E-state index is 12.0. The second-order valence-electron chi connectivity index (χ2n) is 3.97. The molecule has 0 aliphatic heterocycles. The van der Waals surface area contributed by atoms with E-state index in [1.54, 1.807) is 6.92 Å². The van der Waals surface area contributed by atoms with Crippen LogP contribution in [0.1, 0.15) is 33.2 Å². The summed E-state index contributed by atoms with van der Waals surface area (Å²) >= 11 is 0. The molecule has 0 atom stereocenters. The number of nitrogens with one attached hydrogen (secondary N) is 2. The Labute approximate surface area is 107 Å². The highest BCUT2D eigenvalue weighted by molar-refractivity contribution is 6.08. The van der Waals surface area contributed by atoms with E-state index in [-0.39, 0.29) is 28.6 Å². The number of Topliss-reactive ketones (excluding diaryl/α,β-unsaturated/α-hetero) is 1. The SMILES string of the molecule is CC(=O)c1cc(C)cc(C(=O)Nc2nnn[nH]2)c1O. The number of amides is 1. The second-order valence-corrected chi connectivity index (χ2v) is 3.97. The second kappa shape index (κ2) is 4.84. The number of aromatic amines is 1. The Balaban J connectivity index is 2.39. The van der Waals surface area contributed by atoms with E-state index >= 15 is 0 Å². The van der Waals surface area contributed by atoms with Gasteiger partial charge in [0.15, 0.2) is 5.78 Å². The number of hydrogen-bond acceptors (Lipinski definition) is 6. The van der Waals surface area contributed by atoms with Crippen molar-refractivity contribution in [2.24, 2.45) is 0 Å². The molecule has 8 heteroatoms. The summed E-state index contributed by atoms with van der Waals surface area (Å²) in [6.45, 7) is 3.04. The fraction of sp³-hybridized carbons (Fsp3) is 0.182. The molecule has 1 aromatic heterocycles. The summed E-state index contributed by atoms with van der Waals surface area (Å²) in [7, 11) is 0. The Kier molecular flexibility index (Phi) is 3.23. The van der Waals surface area contributed by atoms with Crippen molar-refractivity contribution >= 4 is 17.6 Å². The molecule has 8 nitrogen and oxygen atoms in total. The molecule has 3 N–H and O–H groups in total. The number of aromatic nitrogens is 4. The number of anilines is 1. The number of carbonyl (C=O) groups is 2. The van der Waals surface area contributed by atoms with Crippen molar-refractivity contribution in [3.05, 3.63) is 28.8 Å². The summed E-state index contributed by atoms with van der Waals surface area (Å²) in [5.74, 6) is -1.24. The molecule has 0 fully saturated rings. The molecule has 0 saturated carbocycles. The fourth-order valence-corrected chi connectivity index (χ4v) is 1.61. The van der Waals surface area contributed by atoms with Gasteiger partial charge in [-0.15, -0.1) is 0 Å². The van der Waals surface area contributed by atoms with Crippen molar-refractivity contribution in [3.63, 3.8) is 0 Å². The fourth-order valence-electron chi connectivity index (χ4n) is 1.61. The molecule has 0 bridgehead atoms. The van der Waals surface area contributed by atoms with E-state index in [0.717, 1.165) is 0 Å². The van der Waals surface area contributed by atoms with Crippen LogP contribution in [-0.2, 0) is 0 Å². The molecule has 2 aromatic rings. The number of H-pyrrole nitrogens is 1. The molecular formula is C11H11N5O3. The lowest BCUT2D eigenvalue weighted by molar-refractivity contribution is 0.101. The number of tetrazole rings is 1. The third-order valence-corrected chi connectivity index (χ3v) is 2.46. The van der Waals surface area contributed by atoms with Gasteiger partial charge in [0, 0.05) is 0 Å². The van der Waals surface area contributed by atoms with E-state index in [1.807, 2.05) is 0 Å². The van der Waals surface area contributed by atoms with Gasteiger partial charge in [-0.1, -0.05) is 5.10 Å². The van der Waals surface area contributed by atoms with Crippen LogP contribution in [0.2, 0.25) is 0 Å². The Hall–Kier alpha value is -2.77. The van der Waals surface area contributed by atoms with Gasteiger partial charge in [0.2, 0.25) is 5.95 Å². The van der Waals surface area contributed by atoms with E-state index in [1.165, 1.54) is 19.1 Å². The number of ketones is 1. The predicted octanol–water partition coefficient (Wildman–Crippen LogP) is 0.669. The number of carbonyl (C=O) groups excluding carboxylic acids is 2. The summed E-state index contributed by atoms with van der Waals surface area (Å²) < 4.78 is 0. The first kappa shape index (κ1) is 12.7. The molecule has 1 amide bonds. The molecule has 1 aromatic carbocycles. The molecule has 2 rings (SSSR count). The van der Waals surface area contributed by atoms with Crippen molar-refractivity contribution in [3.8, 4) is 5.75 Å². The lowest BCUT2D eigenvalue weighted by Crippen LogP contribution is -2.14. The first-order chi connectivity index (χ1) is 8.99. The molecule has 0 radical (unpaired) electrons. The maximum atomic E-state index is 12.0. The summed E-state index contributed by atoms with van der Waals surface area (Å²) in [5, 5.41) is 24.8. The third-order valence-electron chi connectivity index (χ3n) is 2.46. The number of benzene rings is 1. The zero-order valence-electron chi connectivity index (χ0n) is 10.3. The lowest BCUT2D eigenvalue weighted by Gasteiger charge is -2.08. The first-order valence-electron chi connectivity index (χ1n) is 5.38. The van der Waals surface area contributed by atoms with Gasteiger partial charge in [-0.2, -0.15) is 0 Å². The highest BCUT2D eigenvalue weighted by Gasteiger charge is 2.18. The van der Waals surface area contributed by atoms with Crippen molar-refractivity contribution < 1.29 is 14.7 Å². The Morgan fingerprint density at radius 3 is 2.58 bits per heavy atom. The van der Waals surface area contributed by atoms with Crippen molar-refractivity contribution in [2.45, 2.75) is 13.8 Å². The van der Waals surface area contributed by atoms with Crippen LogP contribution in [0.4, 0.5) is 5.95 Å². The Bertz CT molecular complexity index is 636. The average Bonchev–Trinajstić information content (AvgIpc) is 2.84. The molecule has 19 heavy (non-hydrogen) atoms. The van der Waals surface area contributed by atoms with Crippen molar-refractivity contribution in [1.29, 1.82) is 0 Å². The Morgan fingerprint density at radius 1 is 1.32 bits per heavy atom. The highest BCUT2D eigenvalue weighted by atomic mass is 16.3. The van der Waals surface area contributed by atoms with E-state index < -0.39 is 5.91 Å². The van der Waals surface area contributed by atoms with E-state index in [2.05, 4.69) is 25.9 Å². The van der Waals surface area contributed by atoms with Gasteiger partial charge in [0.25, 0.3) is 5.91 Å². The maximum Gasteiger partial charge on any atom is 0.261 e. The van der Waals surface area contributed by atoms with Crippen LogP contribution >= 0.6 is 0 Å². The quantitative estimate of drug-likeness (QED) is 0.698. The molecule has 0 aliphatic carbocycles. The predicted molar refractivity (Wildman–Crippen MR) is 65.0 cm³/mol. The molecule has 1 heterocycles. The molecule has 98 valence electrons.